The minimum absolute atomic E-state index is 0.0689. The van der Waals surface area contributed by atoms with Gasteiger partial charge in [0, 0.05) is 17.8 Å². The SMILES string of the molecule is CC(=O)OC[C@]1(C)[C@H]2C[C@H](O)[C@]34C=C(C)[C@H](CC[C@H]3[C@]2(C)CC[C@H]1O)C4. The molecule has 0 aliphatic heterocycles. The molecule has 26 heavy (non-hydrogen) atoms. The third-order valence-corrected chi connectivity index (χ3v) is 8.96. The van der Waals surface area contributed by atoms with Crippen molar-refractivity contribution in [1.82, 2.24) is 0 Å². The number of aliphatic hydroxyl groups excluding tert-OH is 2. The van der Waals surface area contributed by atoms with Crippen molar-refractivity contribution in [1.29, 1.82) is 0 Å². The number of hydrogen-bond donors (Lipinski definition) is 2. The predicted octanol–water partition coefficient (Wildman–Crippen LogP) is 3.46. The first-order chi connectivity index (χ1) is 12.1. The zero-order valence-corrected chi connectivity index (χ0v) is 16.6. The number of rotatable bonds is 2. The normalized spacial score (nSPS) is 52.7. The van der Waals surface area contributed by atoms with Gasteiger partial charge in [-0.25, -0.2) is 0 Å². The maximum atomic E-state index is 11.4. The van der Waals surface area contributed by atoms with Crippen molar-refractivity contribution in [3.05, 3.63) is 11.6 Å². The maximum absolute atomic E-state index is 11.4. The molecule has 0 aromatic rings. The number of fused-ring (bicyclic) bond motifs is 3. The van der Waals surface area contributed by atoms with E-state index >= 15 is 0 Å². The van der Waals surface area contributed by atoms with E-state index in [1.54, 1.807) is 0 Å². The van der Waals surface area contributed by atoms with Gasteiger partial charge in [0.2, 0.25) is 0 Å². The monoisotopic (exact) mass is 362 g/mol. The van der Waals surface area contributed by atoms with Gasteiger partial charge in [0.15, 0.2) is 0 Å². The van der Waals surface area contributed by atoms with Crippen LogP contribution >= 0.6 is 0 Å². The van der Waals surface area contributed by atoms with E-state index in [-0.39, 0.29) is 35.4 Å². The fraction of sp³-hybridized carbons (Fsp3) is 0.864. The summed E-state index contributed by atoms with van der Waals surface area (Å²) in [4.78, 5) is 11.4. The molecule has 0 saturated heterocycles. The van der Waals surface area contributed by atoms with Gasteiger partial charge < -0.3 is 14.9 Å². The smallest absolute Gasteiger partial charge is 0.302 e. The summed E-state index contributed by atoms with van der Waals surface area (Å²) >= 11 is 0. The van der Waals surface area contributed by atoms with Crippen molar-refractivity contribution in [3.8, 4) is 0 Å². The van der Waals surface area contributed by atoms with Gasteiger partial charge >= 0.3 is 5.97 Å². The molecule has 2 bridgehead atoms. The number of esters is 1. The Labute approximate surface area is 157 Å². The average Bonchev–Trinajstić information content (AvgIpc) is 2.83. The standard InChI is InChI=1S/C22H34O4/c1-13-10-22-11-15(13)5-6-16(22)20(3)8-7-18(24)21(4,12-26-14(2)23)17(20)9-19(22)25/h10,15-19,24-25H,5-9,11-12H2,1-4H3/t15-,16+,17+,18-,19+,20+,21-,22+/m1/s1. The summed E-state index contributed by atoms with van der Waals surface area (Å²) in [6.07, 6.45) is 7.45. The molecule has 4 nitrogen and oxygen atoms in total. The van der Waals surface area contributed by atoms with Gasteiger partial charge in [-0.2, -0.15) is 0 Å². The van der Waals surface area contributed by atoms with Gasteiger partial charge in [-0.05, 0) is 68.6 Å². The number of carbonyl (C=O) groups is 1. The zero-order valence-electron chi connectivity index (χ0n) is 16.6. The van der Waals surface area contributed by atoms with E-state index in [9.17, 15) is 15.0 Å². The van der Waals surface area contributed by atoms with Gasteiger partial charge in [0.05, 0.1) is 18.8 Å². The molecule has 4 aliphatic carbocycles. The molecule has 8 atom stereocenters. The molecule has 2 N–H and O–H groups in total. The molecule has 3 fully saturated rings. The lowest BCUT2D eigenvalue weighted by molar-refractivity contribution is -0.224. The van der Waals surface area contributed by atoms with Crippen LogP contribution in [0.4, 0.5) is 0 Å². The van der Waals surface area contributed by atoms with Crippen molar-refractivity contribution in [3.63, 3.8) is 0 Å². The lowest BCUT2D eigenvalue weighted by Crippen LogP contribution is -2.64. The highest BCUT2D eigenvalue weighted by Crippen LogP contribution is 2.70. The lowest BCUT2D eigenvalue weighted by Gasteiger charge is -2.66. The highest BCUT2D eigenvalue weighted by Gasteiger charge is 2.67. The quantitative estimate of drug-likeness (QED) is 0.583. The van der Waals surface area contributed by atoms with Crippen LogP contribution in [0, 0.1) is 34.0 Å². The van der Waals surface area contributed by atoms with Crippen molar-refractivity contribution < 1.29 is 19.7 Å². The number of aliphatic hydroxyl groups is 2. The Morgan fingerprint density at radius 1 is 1.19 bits per heavy atom. The molecule has 4 aliphatic rings. The molecule has 0 heterocycles. The average molecular weight is 363 g/mol. The van der Waals surface area contributed by atoms with E-state index in [1.807, 2.05) is 0 Å². The molecular weight excluding hydrogens is 328 g/mol. The number of carbonyl (C=O) groups excluding carboxylic acids is 1. The molecule has 0 radical (unpaired) electrons. The Morgan fingerprint density at radius 3 is 2.62 bits per heavy atom. The van der Waals surface area contributed by atoms with Crippen LogP contribution in [-0.4, -0.2) is 35.0 Å². The first-order valence-electron chi connectivity index (χ1n) is 10.3. The molecule has 1 spiro atoms. The van der Waals surface area contributed by atoms with E-state index in [2.05, 4.69) is 26.8 Å². The van der Waals surface area contributed by atoms with Crippen LogP contribution in [0.2, 0.25) is 0 Å². The zero-order chi connectivity index (χ0) is 18.9. The largest absolute Gasteiger partial charge is 0.465 e. The Morgan fingerprint density at radius 2 is 1.92 bits per heavy atom. The summed E-state index contributed by atoms with van der Waals surface area (Å²) in [7, 11) is 0. The first-order valence-corrected chi connectivity index (χ1v) is 10.3. The van der Waals surface area contributed by atoms with E-state index in [1.165, 1.54) is 18.9 Å². The minimum Gasteiger partial charge on any atom is -0.465 e. The predicted molar refractivity (Wildman–Crippen MR) is 99.2 cm³/mol. The van der Waals surface area contributed by atoms with Crippen molar-refractivity contribution in [2.24, 2.45) is 34.0 Å². The summed E-state index contributed by atoms with van der Waals surface area (Å²) in [6.45, 7) is 8.35. The van der Waals surface area contributed by atoms with Crippen molar-refractivity contribution >= 4 is 5.97 Å². The van der Waals surface area contributed by atoms with Gasteiger partial charge in [0.25, 0.3) is 0 Å². The van der Waals surface area contributed by atoms with Crippen molar-refractivity contribution in [2.45, 2.75) is 78.4 Å². The second-order valence-electron chi connectivity index (χ2n) is 10.2. The summed E-state index contributed by atoms with van der Waals surface area (Å²) in [5.74, 6) is 0.951. The van der Waals surface area contributed by atoms with Gasteiger partial charge in [0.1, 0.15) is 0 Å². The summed E-state index contributed by atoms with van der Waals surface area (Å²) < 4.78 is 5.40. The van der Waals surface area contributed by atoms with Crippen LogP contribution in [0.3, 0.4) is 0 Å². The van der Waals surface area contributed by atoms with E-state index in [4.69, 9.17) is 4.74 Å². The van der Waals surface area contributed by atoms with Gasteiger partial charge in [-0.15, -0.1) is 0 Å². The number of allylic oxidation sites excluding steroid dienone is 1. The number of hydrogen-bond acceptors (Lipinski definition) is 4. The third kappa shape index (κ3) is 2.30. The molecule has 4 heteroatoms. The van der Waals surface area contributed by atoms with E-state index < -0.39 is 11.5 Å². The number of ether oxygens (including phenoxy) is 1. The van der Waals surface area contributed by atoms with Crippen LogP contribution < -0.4 is 0 Å². The van der Waals surface area contributed by atoms with Crippen LogP contribution in [-0.2, 0) is 9.53 Å². The first kappa shape index (κ1) is 18.5. The molecule has 146 valence electrons. The lowest BCUT2D eigenvalue weighted by atomic mass is 9.40. The molecule has 0 unspecified atom stereocenters. The second-order valence-corrected chi connectivity index (χ2v) is 10.2. The molecule has 4 rings (SSSR count). The summed E-state index contributed by atoms with van der Waals surface area (Å²) in [5, 5.41) is 22.2. The van der Waals surface area contributed by atoms with E-state index in [0.717, 1.165) is 25.7 Å². The molecule has 0 aromatic heterocycles. The fourth-order valence-electron chi connectivity index (χ4n) is 7.59. The van der Waals surface area contributed by atoms with E-state index in [0.29, 0.717) is 18.3 Å². The second kappa shape index (κ2) is 5.81. The Kier molecular flexibility index (Phi) is 4.13. The van der Waals surface area contributed by atoms with Crippen LogP contribution in [0.5, 0.6) is 0 Å². The fourth-order valence-corrected chi connectivity index (χ4v) is 7.59. The Balaban J connectivity index is 1.73. The summed E-state index contributed by atoms with van der Waals surface area (Å²) in [5.41, 5.74) is 0.963. The highest BCUT2D eigenvalue weighted by atomic mass is 16.5. The van der Waals surface area contributed by atoms with Crippen molar-refractivity contribution in [2.75, 3.05) is 6.61 Å². The summed E-state index contributed by atoms with van der Waals surface area (Å²) in [6, 6.07) is 0. The van der Waals surface area contributed by atoms with Gasteiger partial charge in [-0.1, -0.05) is 25.5 Å². The highest BCUT2D eigenvalue weighted by molar-refractivity contribution is 5.65. The van der Waals surface area contributed by atoms with Crippen LogP contribution in [0.25, 0.3) is 0 Å². The maximum Gasteiger partial charge on any atom is 0.302 e. The molecular formula is C22H34O4. The molecule has 0 aromatic carbocycles. The van der Waals surface area contributed by atoms with Crippen LogP contribution in [0.15, 0.2) is 11.6 Å². The van der Waals surface area contributed by atoms with Gasteiger partial charge in [-0.3, -0.25) is 4.79 Å². The minimum atomic E-state index is -0.491. The third-order valence-electron chi connectivity index (χ3n) is 8.96. The molecule has 0 amide bonds. The van der Waals surface area contributed by atoms with Crippen LogP contribution in [0.1, 0.15) is 66.2 Å². The Hall–Kier alpha value is -0.870. The Bertz CT molecular complexity index is 642. The topological polar surface area (TPSA) is 66.8 Å². The molecule has 3 saturated carbocycles.